The number of imidazole rings is 1. The molecule has 0 aliphatic carbocycles. The second-order valence-corrected chi connectivity index (χ2v) is 9.35. The highest BCUT2D eigenvalue weighted by molar-refractivity contribution is 7.93. The Hall–Kier alpha value is -2.72. The number of nitrogens with zero attached hydrogens (tertiary/aromatic N) is 2. The second kappa shape index (κ2) is 9.19. The van der Waals surface area contributed by atoms with Crippen LogP contribution in [0, 0.1) is 0 Å². The number of benzene rings is 2. The zero-order valence-electron chi connectivity index (χ0n) is 16.5. The van der Waals surface area contributed by atoms with Crippen molar-refractivity contribution >= 4 is 28.2 Å². The first-order valence-electron chi connectivity index (χ1n) is 9.44. The monoisotopic (exact) mass is 463 g/mol. The number of amides is 1. The van der Waals surface area contributed by atoms with Gasteiger partial charge in [-0.25, -0.2) is 18.9 Å². The van der Waals surface area contributed by atoms with Crippen molar-refractivity contribution in [3.63, 3.8) is 0 Å². The minimum atomic E-state index is -4.03. The number of halogens is 1. The first-order valence-corrected chi connectivity index (χ1v) is 10.9. The van der Waals surface area contributed by atoms with Gasteiger partial charge in [0, 0.05) is 31.3 Å². The third-order valence-corrected chi connectivity index (χ3v) is 8.01. The van der Waals surface area contributed by atoms with E-state index in [0.29, 0.717) is 0 Å². The molecule has 2 N–H and O–H groups in total. The predicted octanol–water partition coefficient (Wildman–Crippen LogP) is 2.79. The highest BCUT2D eigenvalue weighted by Gasteiger charge is 2.52. The summed E-state index contributed by atoms with van der Waals surface area (Å²) in [6, 6.07) is 14.2. The third-order valence-electron chi connectivity index (χ3n) is 5.50. The van der Waals surface area contributed by atoms with E-state index in [-0.39, 0.29) is 43.4 Å². The van der Waals surface area contributed by atoms with Crippen LogP contribution in [0.2, 0.25) is 0 Å². The zero-order valence-corrected chi connectivity index (χ0v) is 18.1. The number of nitrogens with one attached hydrogen (secondary N) is 1. The molecule has 2 heterocycles. The molecule has 0 spiro atoms. The van der Waals surface area contributed by atoms with Crippen LogP contribution in [0.1, 0.15) is 12.8 Å². The maximum atomic E-state index is 13.3. The van der Waals surface area contributed by atoms with Crippen molar-refractivity contribution < 1.29 is 23.2 Å². The summed E-state index contributed by atoms with van der Waals surface area (Å²) in [5.41, 5.74) is 4.26. The molecule has 2 aromatic carbocycles. The summed E-state index contributed by atoms with van der Waals surface area (Å²) >= 11 is 0. The van der Waals surface area contributed by atoms with E-state index in [2.05, 4.69) is 4.98 Å². The average Bonchev–Trinajstić information content (AvgIpc) is 3.34. The van der Waals surface area contributed by atoms with Gasteiger partial charge < -0.3 is 9.30 Å². The summed E-state index contributed by atoms with van der Waals surface area (Å²) in [5, 5.41) is 9.14. The van der Waals surface area contributed by atoms with Crippen molar-refractivity contribution in [2.75, 3.05) is 13.2 Å². The van der Waals surface area contributed by atoms with Gasteiger partial charge in [-0.15, -0.1) is 12.4 Å². The van der Waals surface area contributed by atoms with Crippen LogP contribution in [0.4, 0.5) is 0 Å². The molecule has 4 rings (SSSR count). The van der Waals surface area contributed by atoms with Crippen LogP contribution in [0.5, 0.6) is 0 Å². The molecular formula is C21H22ClN3O5S. The van der Waals surface area contributed by atoms with Crippen molar-refractivity contribution in [2.45, 2.75) is 22.5 Å². The SMILES string of the molecule is Cl.O=C(NO)C1(S(=O)(=O)c2ccc(-c3ccc(-n4ccnc4)cc3)cc2)CCOCC1. The van der Waals surface area contributed by atoms with Gasteiger partial charge >= 0.3 is 0 Å². The van der Waals surface area contributed by atoms with E-state index in [9.17, 15) is 13.2 Å². The molecule has 1 amide bonds. The van der Waals surface area contributed by atoms with E-state index in [1.165, 1.54) is 17.6 Å². The fourth-order valence-corrected chi connectivity index (χ4v) is 5.65. The summed E-state index contributed by atoms with van der Waals surface area (Å²) in [6.07, 6.45) is 5.24. The minimum absolute atomic E-state index is 0. The van der Waals surface area contributed by atoms with Crippen LogP contribution < -0.4 is 5.48 Å². The minimum Gasteiger partial charge on any atom is -0.381 e. The van der Waals surface area contributed by atoms with Crippen LogP contribution in [0.15, 0.2) is 72.1 Å². The summed E-state index contributed by atoms with van der Waals surface area (Å²) < 4.78 is 32.0. The molecule has 1 aliphatic heterocycles. The Bertz CT molecular complexity index is 1120. The number of carbonyl (C=O) groups is 1. The van der Waals surface area contributed by atoms with Gasteiger partial charge in [-0.3, -0.25) is 10.0 Å². The van der Waals surface area contributed by atoms with Crippen molar-refractivity contribution in [1.82, 2.24) is 15.0 Å². The molecule has 10 heteroatoms. The van der Waals surface area contributed by atoms with E-state index < -0.39 is 20.5 Å². The molecule has 164 valence electrons. The lowest BCUT2D eigenvalue weighted by molar-refractivity contribution is -0.134. The average molecular weight is 464 g/mol. The quantitative estimate of drug-likeness (QED) is 0.444. The molecule has 0 radical (unpaired) electrons. The van der Waals surface area contributed by atoms with E-state index in [4.69, 9.17) is 9.94 Å². The molecule has 1 fully saturated rings. The highest BCUT2D eigenvalue weighted by Crippen LogP contribution is 2.36. The number of hydrogen-bond donors (Lipinski definition) is 2. The third kappa shape index (κ3) is 4.09. The van der Waals surface area contributed by atoms with Gasteiger partial charge in [-0.1, -0.05) is 24.3 Å². The van der Waals surface area contributed by atoms with Gasteiger partial charge in [0.05, 0.1) is 11.2 Å². The Morgan fingerprint density at radius 2 is 1.61 bits per heavy atom. The summed E-state index contributed by atoms with van der Waals surface area (Å²) in [7, 11) is -4.03. The Kier molecular flexibility index (Phi) is 6.80. The maximum Gasteiger partial charge on any atom is 0.265 e. The van der Waals surface area contributed by atoms with Gasteiger partial charge in [0.15, 0.2) is 14.6 Å². The molecule has 0 atom stereocenters. The second-order valence-electron chi connectivity index (χ2n) is 7.09. The summed E-state index contributed by atoms with van der Waals surface area (Å²) in [4.78, 5) is 16.4. The largest absolute Gasteiger partial charge is 0.381 e. The Balaban J connectivity index is 0.00000272. The predicted molar refractivity (Wildman–Crippen MR) is 116 cm³/mol. The standard InChI is InChI=1S/C21H21N3O5S.ClH/c25-20(23-26)21(9-13-29-14-10-21)30(27,28)19-7-3-17(4-8-19)16-1-5-18(6-2-16)24-12-11-22-15-24;/h1-8,11-12,15,26H,9-10,13-14H2,(H,23,25);1H. The topological polar surface area (TPSA) is 111 Å². The van der Waals surface area contributed by atoms with Gasteiger partial charge in [0.2, 0.25) is 0 Å². The van der Waals surface area contributed by atoms with Crippen molar-refractivity contribution in [3.05, 3.63) is 67.3 Å². The number of ether oxygens (including phenoxy) is 1. The van der Waals surface area contributed by atoms with Crippen LogP contribution >= 0.6 is 12.4 Å². The van der Waals surface area contributed by atoms with Crippen LogP contribution in [-0.2, 0) is 19.4 Å². The molecule has 1 aliphatic rings. The fourth-order valence-electron chi connectivity index (χ4n) is 3.71. The Morgan fingerprint density at radius 1 is 1.03 bits per heavy atom. The molecule has 8 nitrogen and oxygen atoms in total. The summed E-state index contributed by atoms with van der Waals surface area (Å²) in [6.45, 7) is 0.266. The molecule has 31 heavy (non-hydrogen) atoms. The molecule has 1 aromatic heterocycles. The van der Waals surface area contributed by atoms with Gasteiger partial charge in [0.25, 0.3) is 5.91 Å². The number of hydroxylamine groups is 1. The van der Waals surface area contributed by atoms with Crippen molar-refractivity contribution in [3.8, 4) is 16.8 Å². The smallest absolute Gasteiger partial charge is 0.265 e. The van der Waals surface area contributed by atoms with Crippen LogP contribution in [0.3, 0.4) is 0 Å². The summed E-state index contributed by atoms with van der Waals surface area (Å²) in [5.74, 6) is -0.926. The van der Waals surface area contributed by atoms with E-state index in [1.54, 1.807) is 24.7 Å². The fraction of sp³-hybridized carbons (Fsp3) is 0.238. The lowest BCUT2D eigenvalue weighted by Gasteiger charge is -2.34. The van der Waals surface area contributed by atoms with Crippen LogP contribution in [-0.4, -0.2) is 47.0 Å². The molecule has 3 aromatic rings. The lowest BCUT2D eigenvalue weighted by Crippen LogP contribution is -2.54. The Labute approximate surface area is 186 Å². The number of sulfone groups is 1. The van der Waals surface area contributed by atoms with E-state index in [0.717, 1.165) is 16.8 Å². The van der Waals surface area contributed by atoms with Gasteiger partial charge in [-0.05, 0) is 48.2 Å². The van der Waals surface area contributed by atoms with E-state index in [1.807, 2.05) is 35.0 Å². The first kappa shape index (κ1) is 23.0. The van der Waals surface area contributed by atoms with Crippen LogP contribution in [0.25, 0.3) is 16.8 Å². The number of hydrogen-bond acceptors (Lipinski definition) is 6. The lowest BCUT2D eigenvalue weighted by atomic mass is 9.98. The molecule has 0 bridgehead atoms. The van der Waals surface area contributed by atoms with Crippen molar-refractivity contribution in [1.29, 1.82) is 0 Å². The zero-order chi connectivity index (χ0) is 21.2. The molecule has 0 saturated carbocycles. The highest BCUT2D eigenvalue weighted by atomic mass is 35.5. The number of carbonyl (C=O) groups excluding carboxylic acids is 1. The Morgan fingerprint density at radius 3 is 2.13 bits per heavy atom. The molecule has 0 unspecified atom stereocenters. The molecular weight excluding hydrogens is 442 g/mol. The number of aromatic nitrogens is 2. The van der Waals surface area contributed by atoms with Crippen molar-refractivity contribution in [2.24, 2.45) is 0 Å². The molecule has 1 saturated heterocycles. The van der Waals surface area contributed by atoms with E-state index >= 15 is 0 Å². The maximum absolute atomic E-state index is 13.3. The van der Waals surface area contributed by atoms with Gasteiger partial charge in [0.1, 0.15) is 0 Å². The normalized spacial score (nSPS) is 15.6. The first-order chi connectivity index (χ1) is 14.5. The number of rotatable bonds is 5. The van der Waals surface area contributed by atoms with Gasteiger partial charge in [-0.2, -0.15) is 0 Å².